The summed E-state index contributed by atoms with van der Waals surface area (Å²) in [4.78, 5) is 24.7. The molecule has 0 aliphatic heterocycles. The molecule has 1 atom stereocenters. The number of hydrogen-bond donors (Lipinski definition) is 3. The molecule has 0 radical (unpaired) electrons. The number of amides is 2. The van der Waals surface area contributed by atoms with Crippen molar-refractivity contribution >= 4 is 28.8 Å². The quantitative estimate of drug-likeness (QED) is 0.511. The fourth-order valence-electron chi connectivity index (χ4n) is 2.54. The topological polar surface area (TPSA) is 101 Å². The molecule has 0 unspecified atom stereocenters. The highest BCUT2D eigenvalue weighted by Gasteiger charge is 2.36. The van der Waals surface area contributed by atoms with E-state index in [1.54, 1.807) is 23.6 Å². The molecule has 2 aromatic heterocycles. The van der Waals surface area contributed by atoms with Crippen molar-refractivity contribution in [2.45, 2.75) is 12.0 Å². The highest BCUT2D eigenvalue weighted by Crippen LogP contribution is 2.32. The SMILES string of the molecule is O=C(NC[C@@](O)(c1ccco1)c1cccs1)C(=O)Nc1ccc(OC(F)(F)F)cc1. The number of benzene rings is 1. The Kier molecular flexibility index (Phi) is 6.13. The van der Waals surface area contributed by atoms with E-state index in [0.29, 0.717) is 4.88 Å². The van der Waals surface area contributed by atoms with Crippen LogP contribution in [-0.2, 0) is 15.2 Å². The minimum absolute atomic E-state index is 0.0872. The third-order valence-corrected chi connectivity index (χ3v) is 4.94. The summed E-state index contributed by atoms with van der Waals surface area (Å²) in [6.45, 7) is -0.342. The van der Waals surface area contributed by atoms with E-state index in [2.05, 4.69) is 15.4 Å². The second kappa shape index (κ2) is 8.59. The minimum atomic E-state index is -4.84. The molecule has 0 spiro atoms. The van der Waals surface area contributed by atoms with Crippen LogP contribution in [0.2, 0.25) is 0 Å². The number of carbonyl (C=O) groups is 2. The molecule has 3 aromatic rings. The zero-order valence-electron chi connectivity index (χ0n) is 15.1. The Morgan fingerprint density at radius 2 is 1.80 bits per heavy atom. The van der Waals surface area contributed by atoms with Gasteiger partial charge in [0.2, 0.25) is 0 Å². The van der Waals surface area contributed by atoms with Crippen LogP contribution < -0.4 is 15.4 Å². The number of alkyl halides is 3. The zero-order chi connectivity index (χ0) is 21.8. The maximum absolute atomic E-state index is 12.2. The Labute approximate surface area is 172 Å². The van der Waals surface area contributed by atoms with Crippen LogP contribution in [0.25, 0.3) is 0 Å². The lowest BCUT2D eigenvalue weighted by molar-refractivity contribution is -0.274. The number of hydrogen-bond acceptors (Lipinski definition) is 6. The molecule has 7 nitrogen and oxygen atoms in total. The number of carbonyl (C=O) groups excluding carboxylic acids is 2. The summed E-state index contributed by atoms with van der Waals surface area (Å²) >= 11 is 1.24. The van der Waals surface area contributed by atoms with Gasteiger partial charge in [-0.15, -0.1) is 24.5 Å². The van der Waals surface area contributed by atoms with Crippen molar-refractivity contribution in [3.8, 4) is 5.75 Å². The molecule has 3 N–H and O–H groups in total. The number of rotatable bonds is 6. The number of furan rings is 1. The first-order valence-electron chi connectivity index (χ1n) is 8.43. The monoisotopic (exact) mass is 440 g/mol. The lowest BCUT2D eigenvalue weighted by atomic mass is 9.98. The van der Waals surface area contributed by atoms with Crippen molar-refractivity contribution in [2.24, 2.45) is 0 Å². The van der Waals surface area contributed by atoms with Gasteiger partial charge in [0.15, 0.2) is 5.60 Å². The van der Waals surface area contributed by atoms with Gasteiger partial charge in [-0.05, 0) is 47.8 Å². The molecule has 0 saturated carbocycles. The zero-order valence-corrected chi connectivity index (χ0v) is 15.9. The normalized spacial score (nSPS) is 13.3. The predicted octanol–water partition coefficient (Wildman–Crippen LogP) is 3.23. The molecule has 0 aliphatic rings. The molecule has 0 aliphatic carbocycles. The highest BCUT2D eigenvalue weighted by atomic mass is 32.1. The summed E-state index contributed by atoms with van der Waals surface area (Å²) in [5, 5.41) is 17.4. The standard InChI is InChI=1S/C19H15F3N2O5S/c20-19(21,22)29-13-7-5-12(6-8-13)24-17(26)16(25)23-11-18(27,14-3-1-9-28-14)15-4-2-10-30-15/h1-10,27H,11H2,(H,23,25)(H,24,26)/t18-/m1/s1. The van der Waals surface area contributed by atoms with Crippen molar-refractivity contribution < 1.29 is 37.0 Å². The van der Waals surface area contributed by atoms with E-state index >= 15 is 0 Å². The Balaban J connectivity index is 1.62. The van der Waals surface area contributed by atoms with Crippen LogP contribution in [0.5, 0.6) is 5.75 Å². The average molecular weight is 440 g/mol. The van der Waals surface area contributed by atoms with Crippen molar-refractivity contribution in [3.05, 3.63) is 70.8 Å². The van der Waals surface area contributed by atoms with Crippen LogP contribution in [0.15, 0.2) is 64.6 Å². The van der Waals surface area contributed by atoms with Crippen LogP contribution in [0.3, 0.4) is 0 Å². The lowest BCUT2D eigenvalue weighted by Crippen LogP contribution is -2.44. The van der Waals surface area contributed by atoms with Gasteiger partial charge in [-0.3, -0.25) is 9.59 Å². The van der Waals surface area contributed by atoms with Crippen LogP contribution in [0.1, 0.15) is 10.6 Å². The second-order valence-corrected chi connectivity index (χ2v) is 6.97. The molecule has 11 heteroatoms. The Hall–Kier alpha value is -3.31. The van der Waals surface area contributed by atoms with Crippen molar-refractivity contribution in [3.63, 3.8) is 0 Å². The van der Waals surface area contributed by atoms with E-state index in [-0.39, 0.29) is 18.0 Å². The summed E-state index contributed by atoms with van der Waals surface area (Å²) in [5.41, 5.74) is -1.59. The van der Waals surface area contributed by atoms with Crippen LogP contribution in [0, 0.1) is 0 Å². The summed E-state index contributed by atoms with van der Waals surface area (Å²) in [6.07, 6.45) is -3.47. The highest BCUT2D eigenvalue weighted by molar-refractivity contribution is 7.10. The van der Waals surface area contributed by atoms with Crippen LogP contribution >= 0.6 is 11.3 Å². The van der Waals surface area contributed by atoms with Gasteiger partial charge in [0.25, 0.3) is 0 Å². The maximum atomic E-state index is 12.2. The summed E-state index contributed by atoms with van der Waals surface area (Å²) < 4.78 is 45.5. The van der Waals surface area contributed by atoms with E-state index in [0.717, 1.165) is 24.3 Å². The molecule has 2 amide bonds. The number of thiophene rings is 1. The van der Waals surface area contributed by atoms with Gasteiger partial charge in [0, 0.05) is 10.6 Å². The number of ether oxygens (including phenoxy) is 1. The molecule has 0 saturated heterocycles. The molecular weight excluding hydrogens is 425 g/mol. The van der Waals surface area contributed by atoms with Crippen molar-refractivity contribution in [1.29, 1.82) is 0 Å². The number of anilines is 1. The third kappa shape index (κ3) is 5.19. The summed E-state index contributed by atoms with van der Waals surface area (Å²) in [5.74, 6) is -2.39. The van der Waals surface area contributed by atoms with E-state index in [1.165, 1.54) is 23.7 Å². The predicted molar refractivity (Wildman–Crippen MR) is 101 cm³/mol. The van der Waals surface area contributed by atoms with Gasteiger partial charge in [-0.1, -0.05) is 6.07 Å². The first-order valence-corrected chi connectivity index (χ1v) is 9.31. The second-order valence-electron chi connectivity index (χ2n) is 6.02. The van der Waals surface area contributed by atoms with Gasteiger partial charge in [0.05, 0.1) is 12.8 Å². The largest absolute Gasteiger partial charge is 0.573 e. The van der Waals surface area contributed by atoms with Crippen molar-refractivity contribution in [1.82, 2.24) is 5.32 Å². The van der Waals surface area contributed by atoms with Gasteiger partial charge in [-0.25, -0.2) is 0 Å². The van der Waals surface area contributed by atoms with Gasteiger partial charge in [0.1, 0.15) is 11.5 Å². The van der Waals surface area contributed by atoms with E-state index in [1.807, 2.05) is 0 Å². The number of halogens is 3. The van der Waals surface area contributed by atoms with Crippen molar-refractivity contribution in [2.75, 3.05) is 11.9 Å². The first-order chi connectivity index (χ1) is 14.2. The molecule has 3 rings (SSSR count). The average Bonchev–Trinajstić information content (AvgIpc) is 3.40. The Bertz CT molecular complexity index is 952. The molecular formula is C19H15F3N2O5S. The van der Waals surface area contributed by atoms with Crippen LogP contribution in [-0.4, -0.2) is 29.8 Å². The first kappa shape index (κ1) is 21.4. The summed E-state index contributed by atoms with van der Waals surface area (Å²) in [7, 11) is 0. The van der Waals surface area contributed by atoms with E-state index in [9.17, 15) is 27.9 Å². The maximum Gasteiger partial charge on any atom is 0.573 e. The number of nitrogens with one attached hydrogen (secondary N) is 2. The molecule has 0 bridgehead atoms. The van der Waals surface area contributed by atoms with Gasteiger partial charge in [-0.2, -0.15) is 0 Å². The smallest absolute Gasteiger partial charge is 0.466 e. The minimum Gasteiger partial charge on any atom is -0.466 e. The molecule has 2 heterocycles. The van der Waals surface area contributed by atoms with Gasteiger partial charge >= 0.3 is 18.2 Å². The van der Waals surface area contributed by atoms with Crippen LogP contribution in [0.4, 0.5) is 18.9 Å². The molecule has 158 valence electrons. The lowest BCUT2D eigenvalue weighted by Gasteiger charge is -2.25. The molecule has 1 aromatic carbocycles. The van der Waals surface area contributed by atoms with Gasteiger partial charge < -0.3 is 24.9 Å². The Morgan fingerprint density at radius 3 is 2.37 bits per heavy atom. The fraction of sp³-hybridized carbons (Fsp3) is 0.158. The van der Waals surface area contributed by atoms with E-state index in [4.69, 9.17) is 4.42 Å². The summed E-state index contributed by atoms with van der Waals surface area (Å²) in [6, 6.07) is 10.8. The number of aliphatic hydroxyl groups is 1. The van der Waals surface area contributed by atoms with E-state index < -0.39 is 29.5 Å². The molecule has 0 fully saturated rings. The Morgan fingerprint density at radius 1 is 1.07 bits per heavy atom. The molecule has 30 heavy (non-hydrogen) atoms. The fourth-order valence-corrected chi connectivity index (χ4v) is 3.37. The third-order valence-electron chi connectivity index (χ3n) is 3.91.